The second-order valence-corrected chi connectivity index (χ2v) is 7.71. The van der Waals surface area contributed by atoms with E-state index in [1.54, 1.807) is 4.31 Å². The highest BCUT2D eigenvalue weighted by Crippen LogP contribution is 2.17. The minimum absolute atomic E-state index is 0.372. The van der Waals surface area contributed by atoms with Crippen LogP contribution in [0.3, 0.4) is 0 Å². The number of imidazole rings is 1. The van der Waals surface area contributed by atoms with E-state index in [2.05, 4.69) is 16.6 Å². The van der Waals surface area contributed by atoms with Gasteiger partial charge in [-0.15, -0.1) is 0 Å². The Hall–Kier alpha value is -1.44. The van der Waals surface area contributed by atoms with Gasteiger partial charge >= 0.3 is 0 Å². The third kappa shape index (κ3) is 3.48. The summed E-state index contributed by atoms with van der Waals surface area (Å²) >= 11 is 0. The Labute approximate surface area is 131 Å². The van der Waals surface area contributed by atoms with E-state index < -0.39 is 10.2 Å². The summed E-state index contributed by atoms with van der Waals surface area (Å²) < 4.78 is 30.8. The summed E-state index contributed by atoms with van der Waals surface area (Å²) in [6.07, 6.45) is 6.50. The van der Waals surface area contributed by atoms with Crippen molar-refractivity contribution < 1.29 is 8.42 Å². The van der Waals surface area contributed by atoms with Crippen molar-refractivity contribution in [2.45, 2.75) is 26.2 Å². The first-order valence-electron chi connectivity index (χ1n) is 7.72. The van der Waals surface area contributed by atoms with Crippen LogP contribution in [0, 0.1) is 5.92 Å². The van der Waals surface area contributed by atoms with E-state index in [1.807, 2.05) is 35.0 Å². The Balaban J connectivity index is 1.57. The molecule has 0 aromatic carbocycles. The van der Waals surface area contributed by atoms with E-state index in [0.29, 0.717) is 32.0 Å². The van der Waals surface area contributed by atoms with Gasteiger partial charge in [0.15, 0.2) is 0 Å². The Bertz CT molecular complexity index is 708. The van der Waals surface area contributed by atoms with Crippen LogP contribution in [0.25, 0.3) is 5.65 Å². The molecular formula is C15H22N4O2S. The van der Waals surface area contributed by atoms with Crippen LogP contribution >= 0.6 is 0 Å². The second-order valence-electron chi connectivity index (χ2n) is 5.95. The summed E-state index contributed by atoms with van der Waals surface area (Å²) in [6, 6.07) is 5.81. The fraction of sp³-hybridized carbons (Fsp3) is 0.533. The Kier molecular flexibility index (Phi) is 4.46. The molecule has 3 heterocycles. The number of piperidine rings is 1. The highest BCUT2D eigenvalue weighted by Gasteiger charge is 2.26. The average Bonchev–Trinajstić information content (AvgIpc) is 2.89. The van der Waals surface area contributed by atoms with Gasteiger partial charge in [-0.2, -0.15) is 12.7 Å². The molecule has 7 heteroatoms. The van der Waals surface area contributed by atoms with Gasteiger partial charge in [0, 0.05) is 38.4 Å². The normalized spacial score (nSPS) is 20.5. The molecule has 0 saturated carbocycles. The minimum atomic E-state index is -3.37. The van der Waals surface area contributed by atoms with Crippen molar-refractivity contribution in [1.29, 1.82) is 0 Å². The zero-order chi connectivity index (χ0) is 15.6. The molecule has 1 saturated heterocycles. The molecule has 0 amide bonds. The van der Waals surface area contributed by atoms with Crippen LogP contribution in [-0.2, 0) is 16.6 Å². The van der Waals surface area contributed by atoms with Crippen LogP contribution in [0.4, 0.5) is 0 Å². The molecule has 22 heavy (non-hydrogen) atoms. The van der Waals surface area contributed by atoms with Crippen LogP contribution in [-0.4, -0.2) is 41.7 Å². The van der Waals surface area contributed by atoms with Crippen LogP contribution < -0.4 is 4.72 Å². The van der Waals surface area contributed by atoms with E-state index in [0.717, 1.165) is 24.2 Å². The first-order valence-corrected chi connectivity index (χ1v) is 9.16. The molecule has 0 radical (unpaired) electrons. The second kappa shape index (κ2) is 6.36. The van der Waals surface area contributed by atoms with Gasteiger partial charge in [-0.05, 0) is 30.9 Å². The van der Waals surface area contributed by atoms with Gasteiger partial charge in [0.05, 0.1) is 5.69 Å². The Morgan fingerprint density at radius 1 is 1.41 bits per heavy atom. The van der Waals surface area contributed by atoms with Crippen molar-refractivity contribution in [3.05, 3.63) is 36.3 Å². The molecule has 0 unspecified atom stereocenters. The van der Waals surface area contributed by atoms with Crippen molar-refractivity contribution >= 4 is 15.9 Å². The number of hydrogen-bond donors (Lipinski definition) is 1. The molecule has 6 nitrogen and oxygen atoms in total. The molecule has 1 aliphatic heterocycles. The van der Waals surface area contributed by atoms with Crippen LogP contribution in [0.2, 0.25) is 0 Å². The standard InChI is InChI=1S/C15H22N4O2S/c1-13-5-4-10-19(11-13)22(20,21)16-8-7-14-12-18-9-3-2-6-15(18)17-14/h2-3,6,9,12-13,16H,4-5,7-8,10-11H2,1H3/t13-/m1/s1. The summed E-state index contributed by atoms with van der Waals surface area (Å²) in [5.41, 5.74) is 1.77. The van der Waals surface area contributed by atoms with Crippen molar-refractivity contribution in [2.24, 2.45) is 5.92 Å². The van der Waals surface area contributed by atoms with Gasteiger partial charge < -0.3 is 4.40 Å². The fourth-order valence-electron chi connectivity index (χ4n) is 2.87. The highest BCUT2D eigenvalue weighted by molar-refractivity contribution is 7.87. The smallest absolute Gasteiger partial charge is 0.279 e. The predicted molar refractivity (Wildman–Crippen MR) is 85.8 cm³/mol. The maximum atomic E-state index is 12.3. The summed E-state index contributed by atoms with van der Waals surface area (Å²) in [5, 5.41) is 0. The van der Waals surface area contributed by atoms with E-state index in [9.17, 15) is 8.42 Å². The van der Waals surface area contributed by atoms with Crippen LogP contribution in [0.1, 0.15) is 25.5 Å². The molecule has 0 bridgehead atoms. The van der Waals surface area contributed by atoms with E-state index in [4.69, 9.17) is 0 Å². The van der Waals surface area contributed by atoms with Crippen LogP contribution in [0.5, 0.6) is 0 Å². The van der Waals surface area contributed by atoms with Gasteiger partial charge in [-0.1, -0.05) is 13.0 Å². The van der Waals surface area contributed by atoms with Crippen molar-refractivity contribution in [3.8, 4) is 0 Å². The van der Waals surface area contributed by atoms with Gasteiger partial charge in [-0.25, -0.2) is 9.71 Å². The minimum Gasteiger partial charge on any atom is -0.307 e. The number of nitrogens with zero attached hydrogens (tertiary/aromatic N) is 3. The zero-order valence-electron chi connectivity index (χ0n) is 12.8. The van der Waals surface area contributed by atoms with Crippen molar-refractivity contribution in [3.63, 3.8) is 0 Å². The van der Waals surface area contributed by atoms with Gasteiger partial charge in [-0.3, -0.25) is 0 Å². The lowest BCUT2D eigenvalue weighted by Gasteiger charge is -2.29. The molecule has 3 rings (SSSR count). The molecule has 120 valence electrons. The number of nitrogens with one attached hydrogen (secondary N) is 1. The number of aromatic nitrogens is 2. The topological polar surface area (TPSA) is 66.7 Å². The third-order valence-electron chi connectivity index (χ3n) is 4.04. The van der Waals surface area contributed by atoms with E-state index >= 15 is 0 Å². The third-order valence-corrected chi connectivity index (χ3v) is 5.62. The lowest BCUT2D eigenvalue weighted by Crippen LogP contribution is -2.46. The summed E-state index contributed by atoms with van der Waals surface area (Å²) in [4.78, 5) is 4.47. The number of rotatable bonds is 5. The molecule has 1 atom stereocenters. The first kappa shape index (κ1) is 15.5. The lowest BCUT2D eigenvalue weighted by molar-refractivity contribution is 0.278. The lowest BCUT2D eigenvalue weighted by atomic mass is 10.0. The molecule has 2 aromatic heterocycles. The van der Waals surface area contributed by atoms with E-state index in [-0.39, 0.29) is 0 Å². The average molecular weight is 322 g/mol. The largest absolute Gasteiger partial charge is 0.307 e. The van der Waals surface area contributed by atoms with Gasteiger partial charge in [0.2, 0.25) is 0 Å². The molecule has 2 aromatic rings. The van der Waals surface area contributed by atoms with Crippen molar-refractivity contribution in [2.75, 3.05) is 19.6 Å². The zero-order valence-corrected chi connectivity index (χ0v) is 13.6. The maximum absolute atomic E-state index is 12.3. The molecule has 0 aliphatic carbocycles. The van der Waals surface area contributed by atoms with E-state index in [1.165, 1.54) is 0 Å². The monoisotopic (exact) mass is 322 g/mol. The fourth-order valence-corrected chi connectivity index (χ4v) is 4.23. The SMILES string of the molecule is C[C@@H]1CCCN(S(=O)(=O)NCCc2cn3ccccc3n2)C1. The molecule has 1 N–H and O–H groups in total. The summed E-state index contributed by atoms with van der Waals surface area (Å²) in [5.74, 6) is 0.434. The number of hydrogen-bond acceptors (Lipinski definition) is 3. The first-order chi connectivity index (χ1) is 10.5. The van der Waals surface area contributed by atoms with Crippen molar-refractivity contribution in [1.82, 2.24) is 18.4 Å². The molecule has 1 aliphatic rings. The molecular weight excluding hydrogens is 300 g/mol. The Morgan fingerprint density at radius 3 is 3.05 bits per heavy atom. The predicted octanol–water partition coefficient (Wildman–Crippen LogP) is 1.44. The maximum Gasteiger partial charge on any atom is 0.279 e. The molecule has 1 fully saturated rings. The van der Waals surface area contributed by atoms with Gasteiger partial charge in [0.25, 0.3) is 10.2 Å². The summed E-state index contributed by atoms with van der Waals surface area (Å²) in [7, 11) is -3.37. The van der Waals surface area contributed by atoms with Crippen LogP contribution in [0.15, 0.2) is 30.6 Å². The highest BCUT2D eigenvalue weighted by atomic mass is 32.2. The quantitative estimate of drug-likeness (QED) is 0.906. The van der Waals surface area contributed by atoms with Gasteiger partial charge in [0.1, 0.15) is 5.65 Å². The summed E-state index contributed by atoms with van der Waals surface area (Å²) in [6.45, 7) is 3.70. The number of fused-ring (bicyclic) bond motifs is 1. The Morgan fingerprint density at radius 2 is 2.27 bits per heavy atom. The molecule has 0 spiro atoms. The number of pyridine rings is 1.